The lowest BCUT2D eigenvalue weighted by Gasteiger charge is -2.16. The van der Waals surface area contributed by atoms with Gasteiger partial charge in [0.15, 0.2) is 0 Å². The number of hydrogen-bond donors (Lipinski definition) is 1. The van der Waals surface area contributed by atoms with E-state index < -0.39 is 0 Å². The summed E-state index contributed by atoms with van der Waals surface area (Å²) in [6, 6.07) is 7.94. The van der Waals surface area contributed by atoms with Crippen molar-refractivity contribution in [1.82, 2.24) is 10.2 Å². The molecule has 7 heteroatoms. The molecular weight excluding hydrogens is 336 g/mol. The Hall–Kier alpha value is -2.28. The minimum atomic E-state index is -0.0579. The number of carbonyl (C=O) groups is 2. The number of nitrogens with one attached hydrogen (secondary N) is 1. The average molecular weight is 358 g/mol. The standard InChI is InChI=1S/C18H22N4O2S/c1-4-12(3)16(24)19-18-21-20-17(25-18)13-9-15(23)22(10-13)14-7-5-11(2)6-8-14/h5-8,12-13H,4,9-10H2,1-3H3,(H,19,21,24). The van der Waals surface area contributed by atoms with Gasteiger partial charge in [0.05, 0.1) is 0 Å². The highest BCUT2D eigenvalue weighted by molar-refractivity contribution is 7.15. The van der Waals surface area contributed by atoms with Crippen LogP contribution in [0.5, 0.6) is 0 Å². The minimum absolute atomic E-state index is 0.0144. The third-order valence-corrected chi connectivity index (χ3v) is 5.55. The van der Waals surface area contributed by atoms with Crippen LogP contribution in [0.15, 0.2) is 24.3 Å². The number of benzene rings is 1. The molecule has 2 unspecified atom stereocenters. The Morgan fingerprint density at radius 2 is 2.08 bits per heavy atom. The van der Waals surface area contributed by atoms with Gasteiger partial charge in [-0.1, -0.05) is 42.9 Å². The summed E-state index contributed by atoms with van der Waals surface area (Å²) in [5, 5.41) is 12.3. The fourth-order valence-electron chi connectivity index (χ4n) is 2.71. The maximum atomic E-state index is 12.4. The van der Waals surface area contributed by atoms with Crippen molar-refractivity contribution in [2.45, 2.75) is 39.5 Å². The lowest BCUT2D eigenvalue weighted by atomic mass is 10.1. The Kier molecular flexibility index (Phi) is 5.13. The van der Waals surface area contributed by atoms with E-state index >= 15 is 0 Å². The fraction of sp³-hybridized carbons (Fsp3) is 0.444. The number of carbonyl (C=O) groups excluding carboxylic acids is 2. The molecule has 0 radical (unpaired) electrons. The number of anilines is 2. The van der Waals surface area contributed by atoms with Gasteiger partial charge in [-0.3, -0.25) is 9.59 Å². The summed E-state index contributed by atoms with van der Waals surface area (Å²) in [6.07, 6.45) is 1.20. The van der Waals surface area contributed by atoms with E-state index in [4.69, 9.17) is 0 Å². The number of nitrogens with zero attached hydrogens (tertiary/aromatic N) is 3. The van der Waals surface area contributed by atoms with Gasteiger partial charge in [0.25, 0.3) is 0 Å². The second-order valence-corrected chi connectivity index (χ2v) is 7.49. The van der Waals surface area contributed by atoms with Gasteiger partial charge in [0.1, 0.15) is 5.01 Å². The van der Waals surface area contributed by atoms with Crippen molar-refractivity contribution in [1.29, 1.82) is 0 Å². The first-order valence-corrected chi connectivity index (χ1v) is 9.31. The number of aromatic nitrogens is 2. The summed E-state index contributed by atoms with van der Waals surface area (Å²) in [4.78, 5) is 26.1. The normalized spacial score (nSPS) is 18.4. The van der Waals surface area contributed by atoms with Crippen LogP contribution in [0.1, 0.15) is 43.2 Å². The van der Waals surface area contributed by atoms with Crippen molar-refractivity contribution in [3.8, 4) is 0 Å². The number of rotatable bonds is 5. The summed E-state index contributed by atoms with van der Waals surface area (Å²) in [5.74, 6) is 0.00112. The van der Waals surface area contributed by atoms with E-state index in [1.807, 2.05) is 45.0 Å². The van der Waals surface area contributed by atoms with Crippen molar-refractivity contribution in [3.63, 3.8) is 0 Å². The molecule has 0 spiro atoms. The molecular formula is C18H22N4O2S. The van der Waals surface area contributed by atoms with E-state index in [0.717, 1.165) is 22.7 Å². The molecule has 1 aromatic carbocycles. The van der Waals surface area contributed by atoms with Crippen LogP contribution in [0.4, 0.5) is 10.8 Å². The highest BCUT2D eigenvalue weighted by Gasteiger charge is 2.34. The van der Waals surface area contributed by atoms with Gasteiger partial charge in [-0.25, -0.2) is 0 Å². The molecule has 25 heavy (non-hydrogen) atoms. The molecule has 2 atom stereocenters. The van der Waals surface area contributed by atoms with Crippen LogP contribution in [-0.2, 0) is 9.59 Å². The Bertz CT molecular complexity index is 772. The molecule has 2 amide bonds. The molecule has 1 aliphatic rings. The molecule has 0 saturated carbocycles. The van der Waals surface area contributed by atoms with E-state index in [1.165, 1.54) is 11.3 Å². The van der Waals surface area contributed by atoms with Gasteiger partial charge in [0.2, 0.25) is 16.9 Å². The van der Waals surface area contributed by atoms with Crippen molar-refractivity contribution in [3.05, 3.63) is 34.8 Å². The van der Waals surface area contributed by atoms with Gasteiger partial charge in [-0.2, -0.15) is 0 Å². The van der Waals surface area contributed by atoms with Gasteiger partial charge in [-0.05, 0) is 25.5 Å². The van der Waals surface area contributed by atoms with Crippen LogP contribution >= 0.6 is 11.3 Å². The van der Waals surface area contributed by atoms with Gasteiger partial charge < -0.3 is 10.2 Å². The maximum absolute atomic E-state index is 12.4. The van der Waals surface area contributed by atoms with E-state index in [9.17, 15) is 9.59 Å². The molecule has 0 bridgehead atoms. The van der Waals surface area contributed by atoms with E-state index in [1.54, 1.807) is 4.90 Å². The largest absolute Gasteiger partial charge is 0.312 e. The quantitative estimate of drug-likeness (QED) is 0.889. The Morgan fingerprint density at radius 1 is 1.36 bits per heavy atom. The second kappa shape index (κ2) is 7.31. The van der Waals surface area contributed by atoms with Crippen LogP contribution in [0.2, 0.25) is 0 Å². The Labute approximate surface area is 151 Å². The molecule has 1 saturated heterocycles. The molecule has 132 valence electrons. The Morgan fingerprint density at radius 3 is 2.76 bits per heavy atom. The lowest BCUT2D eigenvalue weighted by molar-refractivity contribution is -0.119. The van der Waals surface area contributed by atoms with E-state index in [2.05, 4.69) is 15.5 Å². The number of amides is 2. The van der Waals surface area contributed by atoms with Crippen LogP contribution in [-0.4, -0.2) is 28.6 Å². The molecule has 1 fully saturated rings. The summed E-state index contributed by atoms with van der Waals surface area (Å²) >= 11 is 1.36. The van der Waals surface area contributed by atoms with E-state index in [-0.39, 0.29) is 23.7 Å². The molecule has 1 aromatic heterocycles. The monoisotopic (exact) mass is 358 g/mol. The van der Waals surface area contributed by atoms with Crippen LogP contribution in [0.3, 0.4) is 0 Å². The zero-order valence-electron chi connectivity index (χ0n) is 14.7. The number of hydrogen-bond acceptors (Lipinski definition) is 5. The highest BCUT2D eigenvalue weighted by atomic mass is 32.1. The minimum Gasteiger partial charge on any atom is -0.312 e. The molecule has 0 aliphatic carbocycles. The first-order chi connectivity index (χ1) is 12.0. The molecule has 6 nitrogen and oxygen atoms in total. The Balaban J connectivity index is 1.68. The summed E-state index contributed by atoms with van der Waals surface area (Å²) in [5.41, 5.74) is 2.07. The highest BCUT2D eigenvalue weighted by Crippen LogP contribution is 2.34. The second-order valence-electron chi connectivity index (χ2n) is 6.48. The topological polar surface area (TPSA) is 75.2 Å². The van der Waals surface area contributed by atoms with Crippen molar-refractivity contribution in [2.24, 2.45) is 5.92 Å². The molecule has 3 rings (SSSR count). The maximum Gasteiger partial charge on any atom is 0.229 e. The van der Waals surface area contributed by atoms with Crippen LogP contribution < -0.4 is 10.2 Å². The average Bonchev–Trinajstić information content (AvgIpc) is 3.21. The molecule has 1 aliphatic heterocycles. The summed E-state index contributed by atoms with van der Waals surface area (Å²) < 4.78 is 0. The van der Waals surface area contributed by atoms with Crippen molar-refractivity contribution in [2.75, 3.05) is 16.8 Å². The smallest absolute Gasteiger partial charge is 0.229 e. The SMILES string of the molecule is CCC(C)C(=O)Nc1nnc(C2CC(=O)N(c3ccc(C)cc3)C2)s1. The van der Waals surface area contributed by atoms with Crippen LogP contribution in [0.25, 0.3) is 0 Å². The number of aryl methyl sites for hydroxylation is 1. The van der Waals surface area contributed by atoms with E-state index in [0.29, 0.717) is 18.1 Å². The molecule has 2 heterocycles. The third kappa shape index (κ3) is 3.87. The summed E-state index contributed by atoms with van der Waals surface area (Å²) in [7, 11) is 0. The zero-order chi connectivity index (χ0) is 18.0. The van der Waals surface area contributed by atoms with Crippen LogP contribution in [0, 0.1) is 12.8 Å². The first-order valence-electron chi connectivity index (χ1n) is 8.49. The molecule has 2 aromatic rings. The zero-order valence-corrected chi connectivity index (χ0v) is 15.5. The first kappa shape index (κ1) is 17.5. The lowest BCUT2D eigenvalue weighted by Crippen LogP contribution is -2.24. The van der Waals surface area contributed by atoms with Gasteiger partial charge >= 0.3 is 0 Å². The molecule has 1 N–H and O–H groups in total. The predicted molar refractivity (Wildman–Crippen MR) is 98.9 cm³/mol. The fourth-order valence-corrected chi connectivity index (χ4v) is 3.55. The summed E-state index contributed by atoms with van der Waals surface area (Å²) in [6.45, 7) is 6.47. The van der Waals surface area contributed by atoms with Gasteiger partial charge in [-0.15, -0.1) is 10.2 Å². The van der Waals surface area contributed by atoms with Crippen molar-refractivity contribution < 1.29 is 9.59 Å². The predicted octanol–water partition coefficient (Wildman–Crippen LogP) is 3.35. The van der Waals surface area contributed by atoms with Crippen molar-refractivity contribution >= 4 is 34.0 Å². The third-order valence-electron chi connectivity index (χ3n) is 4.55. The van der Waals surface area contributed by atoms with Gasteiger partial charge in [0, 0.05) is 30.5 Å².